The molecule has 1 atom stereocenters. The van der Waals surface area contributed by atoms with Gasteiger partial charge in [0.15, 0.2) is 6.10 Å². The van der Waals surface area contributed by atoms with E-state index in [0.29, 0.717) is 0 Å². The molecule has 0 aromatic rings. The van der Waals surface area contributed by atoms with Crippen LogP contribution in [-0.4, -0.2) is 17.4 Å². The van der Waals surface area contributed by atoms with Gasteiger partial charge in [-0.2, -0.15) is 13.2 Å². The maximum atomic E-state index is 11.6. The van der Waals surface area contributed by atoms with Crippen molar-refractivity contribution in [2.75, 3.05) is 0 Å². The molecule has 11 heavy (non-hydrogen) atoms. The summed E-state index contributed by atoms with van der Waals surface area (Å²) in [5.74, 6) is 0. The lowest BCUT2D eigenvalue weighted by molar-refractivity contribution is -0.202. The summed E-state index contributed by atoms with van der Waals surface area (Å²) in [6, 6.07) is 0. The summed E-state index contributed by atoms with van der Waals surface area (Å²) in [6.07, 6.45) is -6.21. The highest BCUT2D eigenvalue weighted by molar-refractivity contribution is 5.12. The summed E-state index contributed by atoms with van der Waals surface area (Å²) in [4.78, 5) is 0. The van der Waals surface area contributed by atoms with E-state index in [4.69, 9.17) is 5.11 Å². The molecule has 0 aliphatic carbocycles. The SMILES string of the molecule is C=CC(=C)CC(O)C(F)(F)F. The lowest BCUT2D eigenvalue weighted by Gasteiger charge is -2.13. The Balaban J connectivity index is 3.97. The van der Waals surface area contributed by atoms with Gasteiger partial charge in [-0.15, -0.1) is 0 Å². The van der Waals surface area contributed by atoms with E-state index in [2.05, 4.69) is 13.2 Å². The molecule has 64 valence electrons. The predicted molar refractivity (Wildman–Crippen MR) is 36.0 cm³/mol. The zero-order chi connectivity index (χ0) is 9.07. The Kier molecular flexibility index (Phi) is 3.32. The van der Waals surface area contributed by atoms with Crippen LogP contribution < -0.4 is 0 Å². The Labute approximate surface area is 62.8 Å². The van der Waals surface area contributed by atoms with Crippen LogP contribution in [0.25, 0.3) is 0 Å². The highest BCUT2D eigenvalue weighted by atomic mass is 19.4. The van der Waals surface area contributed by atoms with Crippen molar-refractivity contribution in [2.24, 2.45) is 0 Å². The van der Waals surface area contributed by atoms with Gasteiger partial charge in [0.2, 0.25) is 0 Å². The van der Waals surface area contributed by atoms with Crippen LogP contribution in [0, 0.1) is 0 Å². The Morgan fingerprint density at radius 1 is 1.55 bits per heavy atom. The number of aliphatic hydroxyl groups excluding tert-OH is 1. The first-order chi connectivity index (χ1) is 4.88. The molecule has 0 aliphatic rings. The molecule has 0 aromatic carbocycles. The van der Waals surface area contributed by atoms with Crippen molar-refractivity contribution < 1.29 is 18.3 Å². The first kappa shape index (κ1) is 10.2. The van der Waals surface area contributed by atoms with Crippen LogP contribution in [0.15, 0.2) is 24.8 Å². The smallest absolute Gasteiger partial charge is 0.383 e. The Hall–Kier alpha value is -0.770. The standard InChI is InChI=1S/C7H9F3O/c1-3-5(2)4-6(11)7(8,9)10/h3,6,11H,1-2,4H2. The van der Waals surface area contributed by atoms with Crippen molar-refractivity contribution >= 4 is 0 Å². The van der Waals surface area contributed by atoms with E-state index in [-0.39, 0.29) is 5.57 Å². The number of hydrogen-bond acceptors (Lipinski definition) is 1. The maximum Gasteiger partial charge on any atom is 0.414 e. The van der Waals surface area contributed by atoms with Crippen molar-refractivity contribution in [1.29, 1.82) is 0 Å². The van der Waals surface area contributed by atoms with Gasteiger partial charge >= 0.3 is 6.18 Å². The van der Waals surface area contributed by atoms with Crippen molar-refractivity contribution in [3.05, 3.63) is 24.8 Å². The minimum atomic E-state index is -4.56. The van der Waals surface area contributed by atoms with E-state index < -0.39 is 18.7 Å². The van der Waals surface area contributed by atoms with Gasteiger partial charge in [0.25, 0.3) is 0 Å². The van der Waals surface area contributed by atoms with Crippen molar-refractivity contribution in [2.45, 2.75) is 18.7 Å². The summed E-state index contributed by atoms with van der Waals surface area (Å²) in [7, 11) is 0. The molecular formula is C7H9F3O. The quantitative estimate of drug-likeness (QED) is 0.636. The number of rotatable bonds is 3. The molecule has 0 amide bonds. The van der Waals surface area contributed by atoms with E-state index in [0.717, 1.165) is 0 Å². The molecule has 0 radical (unpaired) electrons. The molecule has 0 spiro atoms. The molecule has 4 heteroatoms. The summed E-state index contributed by atoms with van der Waals surface area (Å²) in [5, 5.41) is 8.45. The zero-order valence-electron chi connectivity index (χ0n) is 5.86. The van der Waals surface area contributed by atoms with Gasteiger partial charge < -0.3 is 5.11 Å². The number of halogens is 3. The van der Waals surface area contributed by atoms with Crippen LogP contribution in [0.1, 0.15) is 6.42 Å². The molecule has 0 heterocycles. The summed E-state index contributed by atoms with van der Waals surface area (Å²) in [6.45, 7) is 6.47. The third-order valence-corrected chi connectivity index (χ3v) is 1.12. The third kappa shape index (κ3) is 3.83. The highest BCUT2D eigenvalue weighted by Crippen LogP contribution is 2.24. The van der Waals surface area contributed by atoms with Gasteiger partial charge in [-0.25, -0.2) is 0 Å². The summed E-state index contributed by atoms with van der Waals surface area (Å²) in [5.41, 5.74) is 0.176. The molecule has 0 bridgehead atoms. The first-order valence-electron chi connectivity index (χ1n) is 2.93. The minimum absolute atomic E-state index is 0.176. The minimum Gasteiger partial charge on any atom is -0.383 e. The van der Waals surface area contributed by atoms with Crippen molar-refractivity contribution in [3.63, 3.8) is 0 Å². The van der Waals surface area contributed by atoms with E-state index in [9.17, 15) is 13.2 Å². The topological polar surface area (TPSA) is 20.2 Å². The first-order valence-corrected chi connectivity index (χ1v) is 2.93. The lowest BCUT2D eigenvalue weighted by Crippen LogP contribution is -2.28. The van der Waals surface area contributed by atoms with Gasteiger partial charge in [0, 0.05) is 6.42 Å². The third-order valence-electron chi connectivity index (χ3n) is 1.12. The van der Waals surface area contributed by atoms with Crippen molar-refractivity contribution in [1.82, 2.24) is 0 Å². The van der Waals surface area contributed by atoms with Crippen LogP contribution in [0.3, 0.4) is 0 Å². The average molecular weight is 166 g/mol. The van der Waals surface area contributed by atoms with Gasteiger partial charge in [-0.05, 0) is 0 Å². The molecule has 0 saturated heterocycles. The normalized spacial score (nSPS) is 14.2. The average Bonchev–Trinajstić information content (AvgIpc) is 1.85. The molecule has 1 unspecified atom stereocenters. The van der Waals surface area contributed by atoms with E-state index in [1.165, 1.54) is 6.08 Å². The van der Waals surface area contributed by atoms with Crippen LogP contribution in [0.5, 0.6) is 0 Å². The zero-order valence-corrected chi connectivity index (χ0v) is 5.86. The monoisotopic (exact) mass is 166 g/mol. The molecule has 0 saturated carbocycles. The molecule has 1 nitrogen and oxygen atoms in total. The molecular weight excluding hydrogens is 157 g/mol. The fraction of sp³-hybridized carbons (Fsp3) is 0.429. The molecule has 1 N–H and O–H groups in total. The van der Waals surface area contributed by atoms with E-state index >= 15 is 0 Å². The predicted octanol–water partition coefficient (Wildman–Crippen LogP) is 2.04. The number of alkyl halides is 3. The second-order valence-electron chi connectivity index (χ2n) is 2.12. The Morgan fingerprint density at radius 2 is 2.00 bits per heavy atom. The highest BCUT2D eigenvalue weighted by Gasteiger charge is 2.37. The van der Waals surface area contributed by atoms with Crippen LogP contribution >= 0.6 is 0 Å². The number of aliphatic hydroxyl groups is 1. The van der Waals surface area contributed by atoms with Gasteiger partial charge in [-0.1, -0.05) is 24.8 Å². The summed E-state index contributed by atoms with van der Waals surface area (Å²) >= 11 is 0. The van der Waals surface area contributed by atoms with Gasteiger partial charge in [0.1, 0.15) is 0 Å². The fourth-order valence-corrected chi connectivity index (χ4v) is 0.447. The van der Waals surface area contributed by atoms with Gasteiger partial charge in [0.05, 0.1) is 0 Å². The van der Waals surface area contributed by atoms with Crippen molar-refractivity contribution in [3.8, 4) is 0 Å². The lowest BCUT2D eigenvalue weighted by atomic mass is 10.1. The van der Waals surface area contributed by atoms with Crippen LogP contribution in [0.4, 0.5) is 13.2 Å². The number of hydrogen-bond donors (Lipinski definition) is 1. The van der Waals surface area contributed by atoms with E-state index in [1.54, 1.807) is 0 Å². The van der Waals surface area contributed by atoms with E-state index in [1.807, 2.05) is 0 Å². The number of allylic oxidation sites excluding steroid dienone is 1. The summed E-state index contributed by atoms with van der Waals surface area (Å²) < 4.78 is 34.9. The Morgan fingerprint density at radius 3 is 2.27 bits per heavy atom. The maximum absolute atomic E-state index is 11.6. The van der Waals surface area contributed by atoms with Crippen LogP contribution in [-0.2, 0) is 0 Å². The second kappa shape index (κ2) is 3.57. The largest absolute Gasteiger partial charge is 0.414 e. The molecule has 0 aromatic heterocycles. The van der Waals surface area contributed by atoms with Gasteiger partial charge in [-0.3, -0.25) is 0 Å². The molecule has 0 rings (SSSR count). The van der Waals surface area contributed by atoms with Crippen LogP contribution in [0.2, 0.25) is 0 Å². The fourth-order valence-electron chi connectivity index (χ4n) is 0.447. The second-order valence-corrected chi connectivity index (χ2v) is 2.12. The molecule has 0 fully saturated rings. The molecule has 0 aliphatic heterocycles. The Bertz CT molecular complexity index is 160.